The molecule has 0 bridgehead atoms. The smallest absolute Gasteiger partial charge is 0.310 e. The lowest BCUT2D eigenvalue weighted by molar-refractivity contribution is -0.145. The van der Waals surface area contributed by atoms with Crippen LogP contribution < -0.4 is 0 Å². The van der Waals surface area contributed by atoms with Crippen LogP contribution >= 0.6 is 23.2 Å². The van der Waals surface area contributed by atoms with Crippen LogP contribution in [0.2, 0.25) is 5.02 Å². The van der Waals surface area contributed by atoms with E-state index in [4.69, 9.17) is 27.9 Å². The zero-order chi connectivity index (χ0) is 14.9. The molecule has 2 atom stereocenters. The molecule has 0 amide bonds. The third kappa shape index (κ3) is 2.87. The van der Waals surface area contributed by atoms with E-state index in [-0.39, 0.29) is 23.2 Å². The summed E-state index contributed by atoms with van der Waals surface area (Å²) in [5.41, 5.74) is 0.675. The summed E-state index contributed by atoms with van der Waals surface area (Å²) >= 11 is 12.5. The summed E-state index contributed by atoms with van der Waals surface area (Å²) in [5, 5.41) is 1.19. The monoisotopic (exact) mass is 312 g/mol. The molecular weight excluding hydrogens is 295 g/mol. The molecule has 1 aromatic rings. The Kier molecular flexibility index (Phi) is 4.46. The lowest BCUT2D eigenvalue weighted by atomic mass is 10.1. The van der Waals surface area contributed by atoms with Gasteiger partial charge in [-0.15, -0.1) is 0 Å². The number of rotatable bonds is 4. The Bertz CT molecular complexity index is 549. The minimum Gasteiger partial charge on any atom is -0.466 e. The number of carbonyl (C=O) groups is 1. The summed E-state index contributed by atoms with van der Waals surface area (Å²) in [4.78, 5) is 11.9. The Morgan fingerprint density at radius 2 is 2.05 bits per heavy atom. The van der Waals surface area contributed by atoms with E-state index in [1.54, 1.807) is 6.07 Å². The fraction of sp³-hybridized carbons (Fsp3) is 0.438. The number of benzene rings is 1. The Labute approximate surface area is 129 Å². The number of carbonyl (C=O) groups excluding carboxylic acids is 1. The van der Waals surface area contributed by atoms with Gasteiger partial charge in [0.25, 0.3) is 0 Å². The summed E-state index contributed by atoms with van der Waals surface area (Å²) in [6.45, 7) is 6.31. The van der Waals surface area contributed by atoms with Gasteiger partial charge in [-0.05, 0) is 24.3 Å². The second kappa shape index (κ2) is 5.79. The van der Waals surface area contributed by atoms with Gasteiger partial charge in [-0.25, -0.2) is 0 Å². The molecule has 0 radical (unpaired) electrons. The van der Waals surface area contributed by atoms with E-state index < -0.39 is 0 Å². The van der Waals surface area contributed by atoms with Crippen molar-refractivity contribution in [1.29, 1.82) is 0 Å². The minimum absolute atomic E-state index is 0.0883. The van der Waals surface area contributed by atoms with E-state index in [2.05, 4.69) is 0 Å². The average molecular weight is 313 g/mol. The van der Waals surface area contributed by atoms with Crippen LogP contribution in [0.25, 0.3) is 5.03 Å². The Balaban J connectivity index is 2.20. The molecule has 2 rings (SSSR count). The Morgan fingerprint density at radius 3 is 2.65 bits per heavy atom. The number of halogens is 2. The summed E-state index contributed by atoms with van der Waals surface area (Å²) in [6.07, 6.45) is 1.92. The molecule has 0 unspecified atom stereocenters. The molecule has 108 valence electrons. The van der Waals surface area contributed by atoms with Crippen LogP contribution in [0.5, 0.6) is 0 Å². The first-order valence-corrected chi connectivity index (χ1v) is 7.44. The molecule has 20 heavy (non-hydrogen) atoms. The fourth-order valence-electron chi connectivity index (χ4n) is 2.57. The van der Waals surface area contributed by atoms with Crippen LogP contribution in [0, 0.1) is 17.3 Å². The predicted octanol–water partition coefficient (Wildman–Crippen LogP) is 4.76. The van der Waals surface area contributed by atoms with Crippen molar-refractivity contribution in [1.82, 2.24) is 0 Å². The van der Waals surface area contributed by atoms with Crippen LogP contribution in [0.3, 0.4) is 0 Å². The van der Waals surface area contributed by atoms with Gasteiger partial charge in [0.1, 0.15) is 0 Å². The second-order valence-corrected chi connectivity index (χ2v) is 6.39. The van der Waals surface area contributed by atoms with Crippen molar-refractivity contribution in [2.24, 2.45) is 17.3 Å². The predicted molar refractivity (Wildman–Crippen MR) is 82.7 cm³/mol. The van der Waals surface area contributed by atoms with Crippen LogP contribution in [0.15, 0.2) is 30.3 Å². The molecule has 0 heterocycles. The number of hydrogen-bond donors (Lipinski definition) is 0. The van der Waals surface area contributed by atoms with Gasteiger partial charge in [-0.1, -0.05) is 61.3 Å². The summed E-state index contributed by atoms with van der Waals surface area (Å²) in [7, 11) is 0. The summed E-state index contributed by atoms with van der Waals surface area (Å²) in [5.74, 6) is -0.189. The third-order valence-corrected chi connectivity index (χ3v) is 4.57. The van der Waals surface area contributed by atoms with Gasteiger partial charge < -0.3 is 4.74 Å². The van der Waals surface area contributed by atoms with Crippen molar-refractivity contribution < 1.29 is 9.53 Å². The van der Waals surface area contributed by atoms with Crippen LogP contribution in [-0.4, -0.2) is 12.6 Å². The molecule has 0 aromatic heterocycles. The zero-order valence-corrected chi connectivity index (χ0v) is 13.3. The van der Waals surface area contributed by atoms with Gasteiger partial charge in [0.15, 0.2) is 0 Å². The number of hydrogen-bond acceptors (Lipinski definition) is 2. The van der Waals surface area contributed by atoms with E-state index in [1.807, 2.05) is 45.0 Å². The molecule has 1 aliphatic carbocycles. The molecule has 0 spiro atoms. The highest BCUT2D eigenvalue weighted by atomic mass is 35.5. The van der Waals surface area contributed by atoms with E-state index in [0.717, 1.165) is 5.56 Å². The molecular formula is C16H18Cl2O2. The topological polar surface area (TPSA) is 26.3 Å². The number of ether oxygens (including phenoxy) is 1. The SMILES string of the molecule is CCOC(=O)[C@@H]1[C@@H](/C=C(\Cl)c2ccccc2Cl)C1(C)C. The first-order valence-electron chi connectivity index (χ1n) is 6.68. The maximum atomic E-state index is 11.9. The Morgan fingerprint density at radius 1 is 1.40 bits per heavy atom. The van der Waals surface area contributed by atoms with Gasteiger partial charge in [-0.3, -0.25) is 4.79 Å². The van der Waals surface area contributed by atoms with Crippen LogP contribution in [-0.2, 0) is 9.53 Å². The molecule has 1 aromatic carbocycles. The lowest BCUT2D eigenvalue weighted by Crippen LogP contribution is -2.10. The highest BCUT2D eigenvalue weighted by molar-refractivity contribution is 6.50. The van der Waals surface area contributed by atoms with Gasteiger partial charge in [0, 0.05) is 15.6 Å². The van der Waals surface area contributed by atoms with E-state index in [0.29, 0.717) is 16.7 Å². The van der Waals surface area contributed by atoms with Gasteiger partial charge in [-0.2, -0.15) is 0 Å². The molecule has 2 nitrogen and oxygen atoms in total. The van der Waals surface area contributed by atoms with Gasteiger partial charge >= 0.3 is 5.97 Å². The quantitative estimate of drug-likeness (QED) is 0.750. The summed E-state index contributed by atoms with van der Waals surface area (Å²) < 4.78 is 5.11. The maximum absolute atomic E-state index is 11.9. The minimum atomic E-state index is -0.151. The number of allylic oxidation sites excluding steroid dienone is 1. The maximum Gasteiger partial charge on any atom is 0.310 e. The third-order valence-electron chi connectivity index (χ3n) is 3.91. The average Bonchev–Trinajstić information content (AvgIpc) is 2.91. The highest BCUT2D eigenvalue weighted by Gasteiger charge is 2.61. The molecule has 4 heteroatoms. The second-order valence-electron chi connectivity index (χ2n) is 5.57. The van der Waals surface area contributed by atoms with Crippen molar-refractivity contribution >= 4 is 34.2 Å². The molecule has 1 fully saturated rings. The van der Waals surface area contributed by atoms with Crippen LogP contribution in [0.1, 0.15) is 26.3 Å². The molecule has 0 saturated heterocycles. The summed E-state index contributed by atoms with van der Waals surface area (Å²) in [6, 6.07) is 7.42. The molecule has 0 N–H and O–H groups in total. The van der Waals surface area contributed by atoms with E-state index in [1.165, 1.54) is 0 Å². The van der Waals surface area contributed by atoms with Crippen molar-refractivity contribution in [2.45, 2.75) is 20.8 Å². The zero-order valence-electron chi connectivity index (χ0n) is 11.8. The highest BCUT2D eigenvalue weighted by Crippen LogP contribution is 2.60. The van der Waals surface area contributed by atoms with Gasteiger partial charge in [0.05, 0.1) is 12.5 Å². The van der Waals surface area contributed by atoms with Crippen molar-refractivity contribution in [3.63, 3.8) is 0 Å². The van der Waals surface area contributed by atoms with Crippen molar-refractivity contribution in [3.8, 4) is 0 Å². The largest absolute Gasteiger partial charge is 0.466 e. The Hall–Kier alpha value is -0.990. The standard InChI is InChI=1S/C16H18Cl2O2/c1-4-20-15(19)14-11(16(14,2)3)9-13(18)10-7-5-6-8-12(10)17/h5-9,11,14H,4H2,1-3H3/b13-9-/t11-,14+/m1/s1. The van der Waals surface area contributed by atoms with E-state index in [9.17, 15) is 4.79 Å². The van der Waals surface area contributed by atoms with E-state index >= 15 is 0 Å². The fourth-order valence-corrected chi connectivity index (χ4v) is 3.16. The van der Waals surface area contributed by atoms with Crippen molar-refractivity contribution in [3.05, 3.63) is 40.9 Å². The molecule has 1 saturated carbocycles. The lowest BCUT2D eigenvalue weighted by Gasteiger charge is -2.03. The molecule has 1 aliphatic rings. The number of esters is 1. The van der Waals surface area contributed by atoms with Crippen LogP contribution in [0.4, 0.5) is 0 Å². The molecule has 0 aliphatic heterocycles. The normalized spacial score (nSPS) is 24.4. The van der Waals surface area contributed by atoms with Gasteiger partial charge in [0.2, 0.25) is 0 Å². The first-order chi connectivity index (χ1) is 9.39. The van der Waals surface area contributed by atoms with Crippen molar-refractivity contribution in [2.75, 3.05) is 6.61 Å². The first kappa shape index (κ1) is 15.4.